The fraction of sp³-hybridized carbons (Fsp3) is 0.500. The van der Waals surface area contributed by atoms with Crippen molar-refractivity contribution in [1.82, 2.24) is 10.2 Å². The Labute approximate surface area is 172 Å². The fourth-order valence-corrected chi connectivity index (χ4v) is 6.08. The van der Waals surface area contributed by atoms with Gasteiger partial charge in [0.05, 0.1) is 12.7 Å². The van der Waals surface area contributed by atoms with E-state index in [2.05, 4.69) is 15.5 Å². The average Bonchev–Trinajstić information content (AvgIpc) is 3.43. The molecule has 0 radical (unpaired) electrons. The maximum atomic E-state index is 12.3. The van der Waals surface area contributed by atoms with E-state index in [1.165, 1.54) is 44.1 Å². The normalized spacial score (nSPS) is 23.0. The number of hydrogen-bond donors (Lipinski definition) is 1. The molecule has 2 aliphatic rings. The smallest absolute Gasteiger partial charge is 0.337 e. The summed E-state index contributed by atoms with van der Waals surface area (Å²) in [5.41, 5.74) is 1.61. The van der Waals surface area contributed by atoms with E-state index in [-0.39, 0.29) is 11.9 Å². The second-order valence-corrected chi connectivity index (χ2v) is 9.74. The number of rotatable bonds is 7. The highest BCUT2D eigenvalue weighted by Gasteiger charge is 2.40. The maximum absolute atomic E-state index is 12.3. The molecule has 2 aliphatic carbocycles. The molecule has 1 aromatic carbocycles. The van der Waals surface area contributed by atoms with E-state index >= 15 is 0 Å². The van der Waals surface area contributed by atoms with Gasteiger partial charge in [-0.25, -0.2) is 4.79 Å². The summed E-state index contributed by atoms with van der Waals surface area (Å²) in [5, 5.41) is 11.7. The number of benzene rings is 1. The molecule has 1 heterocycles. The summed E-state index contributed by atoms with van der Waals surface area (Å²) in [5.74, 6) is 2.59. The number of methoxy groups -OCH3 is 1. The number of esters is 1. The highest BCUT2D eigenvalue weighted by atomic mass is 32.2. The van der Waals surface area contributed by atoms with Gasteiger partial charge in [-0.05, 0) is 54.7 Å². The van der Waals surface area contributed by atoms with Crippen LogP contribution in [0.1, 0.15) is 48.0 Å². The van der Waals surface area contributed by atoms with Gasteiger partial charge in [-0.3, -0.25) is 4.79 Å². The van der Waals surface area contributed by atoms with Gasteiger partial charge in [0.1, 0.15) is 0 Å². The summed E-state index contributed by atoms with van der Waals surface area (Å²) in [7, 11) is 1.37. The molecule has 2 bridgehead atoms. The second-order valence-electron chi connectivity index (χ2n) is 7.54. The quantitative estimate of drug-likeness (QED) is 0.409. The number of fused-ring (bicyclic) bond motifs is 2. The number of thioether (sulfide) groups is 1. The molecule has 0 spiro atoms. The van der Waals surface area contributed by atoms with Crippen molar-refractivity contribution in [3.05, 3.63) is 35.4 Å². The van der Waals surface area contributed by atoms with Crippen molar-refractivity contribution in [2.45, 2.75) is 42.2 Å². The largest absolute Gasteiger partial charge is 0.465 e. The zero-order chi connectivity index (χ0) is 19.5. The topological polar surface area (TPSA) is 81.2 Å². The molecular formula is C20H23N3O3S2. The van der Waals surface area contributed by atoms with Crippen LogP contribution in [-0.2, 0) is 15.3 Å². The fourth-order valence-electron chi connectivity index (χ4n) is 4.35. The van der Waals surface area contributed by atoms with E-state index in [4.69, 9.17) is 4.74 Å². The predicted molar refractivity (Wildman–Crippen MR) is 109 cm³/mol. The van der Waals surface area contributed by atoms with Crippen molar-refractivity contribution in [1.29, 1.82) is 0 Å². The van der Waals surface area contributed by atoms with Gasteiger partial charge in [-0.2, -0.15) is 0 Å². The van der Waals surface area contributed by atoms with Crippen LogP contribution in [0.4, 0.5) is 5.13 Å². The van der Waals surface area contributed by atoms with Crippen LogP contribution in [-0.4, -0.2) is 29.2 Å². The van der Waals surface area contributed by atoms with Gasteiger partial charge in [-0.1, -0.05) is 41.7 Å². The SMILES string of the molecule is COC(=O)c1ccc(CSc2nnc(NC(=O)C[C@@H]3C[C@@H]4CC[C@@H]3C4)s2)cc1. The standard InChI is InChI=1S/C20H23N3O3S2/c1-26-18(25)14-5-2-12(3-6-14)11-27-20-23-22-19(28-20)21-17(24)10-16-9-13-4-7-15(16)8-13/h2-3,5-6,13,15-16H,4,7-11H2,1H3,(H,21,22,24)/t13-,15-,16+/m1/s1. The Morgan fingerprint density at radius 1 is 1.21 bits per heavy atom. The highest BCUT2D eigenvalue weighted by molar-refractivity contribution is 8.00. The summed E-state index contributed by atoms with van der Waals surface area (Å²) in [6.07, 6.45) is 5.78. The minimum absolute atomic E-state index is 0.0589. The van der Waals surface area contributed by atoms with Crippen molar-refractivity contribution in [2.24, 2.45) is 17.8 Å². The van der Waals surface area contributed by atoms with Crippen LogP contribution in [0, 0.1) is 17.8 Å². The Morgan fingerprint density at radius 2 is 2.04 bits per heavy atom. The highest BCUT2D eigenvalue weighted by Crippen LogP contribution is 2.49. The van der Waals surface area contributed by atoms with Gasteiger partial charge in [-0.15, -0.1) is 10.2 Å². The van der Waals surface area contributed by atoms with E-state index in [1.807, 2.05) is 12.1 Å². The number of ether oxygens (including phenoxy) is 1. The lowest BCUT2D eigenvalue weighted by Gasteiger charge is -2.20. The third-order valence-corrected chi connectivity index (χ3v) is 7.77. The minimum atomic E-state index is -0.339. The Morgan fingerprint density at radius 3 is 2.71 bits per heavy atom. The molecule has 28 heavy (non-hydrogen) atoms. The van der Waals surface area contributed by atoms with Gasteiger partial charge in [0.15, 0.2) is 4.34 Å². The first-order valence-corrected chi connectivity index (χ1v) is 11.3. The summed E-state index contributed by atoms with van der Waals surface area (Å²) >= 11 is 2.96. The van der Waals surface area contributed by atoms with Crippen LogP contribution in [0.15, 0.2) is 28.6 Å². The van der Waals surface area contributed by atoms with Gasteiger partial charge >= 0.3 is 5.97 Å². The molecule has 2 saturated carbocycles. The monoisotopic (exact) mass is 417 g/mol. The molecule has 1 aromatic heterocycles. The van der Waals surface area contributed by atoms with Gasteiger partial charge in [0.25, 0.3) is 0 Å². The summed E-state index contributed by atoms with van der Waals surface area (Å²) in [6, 6.07) is 7.31. The van der Waals surface area contributed by atoms with E-state index < -0.39 is 0 Å². The Bertz CT molecular complexity index is 853. The molecule has 1 N–H and O–H groups in total. The van der Waals surface area contributed by atoms with E-state index in [0.29, 0.717) is 23.0 Å². The number of aromatic nitrogens is 2. The van der Waals surface area contributed by atoms with Crippen LogP contribution in [0.25, 0.3) is 0 Å². The lowest BCUT2D eigenvalue weighted by Crippen LogP contribution is -2.20. The Hall–Kier alpha value is -1.93. The van der Waals surface area contributed by atoms with Crippen molar-refractivity contribution < 1.29 is 14.3 Å². The Balaban J connectivity index is 1.25. The molecule has 0 aliphatic heterocycles. The van der Waals surface area contributed by atoms with Crippen molar-refractivity contribution in [3.63, 3.8) is 0 Å². The van der Waals surface area contributed by atoms with Crippen LogP contribution in [0.2, 0.25) is 0 Å². The first-order chi connectivity index (χ1) is 13.6. The summed E-state index contributed by atoms with van der Waals surface area (Å²) < 4.78 is 5.51. The number of anilines is 1. The molecule has 1 amide bonds. The molecule has 148 valence electrons. The molecule has 0 saturated heterocycles. The van der Waals surface area contributed by atoms with E-state index in [9.17, 15) is 9.59 Å². The molecule has 4 rings (SSSR count). The zero-order valence-corrected chi connectivity index (χ0v) is 17.4. The molecular weight excluding hydrogens is 394 g/mol. The number of nitrogens with zero attached hydrogens (tertiary/aromatic N) is 2. The first kappa shape index (κ1) is 19.4. The van der Waals surface area contributed by atoms with Crippen LogP contribution in [0.3, 0.4) is 0 Å². The second kappa shape index (κ2) is 8.61. The van der Waals surface area contributed by atoms with Gasteiger partial charge in [0, 0.05) is 12.2 Å². The maximum Gasteiger partial charge on any atom is 0.337 e. The molecule has 8 heteroatoms. The lowest BCUT2D eigenvalue weighted by molar-refractivity contribution is -0.117. The van der Waals surface area contributed by atoms with Crippen molar-refractivity contribution >= 4 is 40.1 Å². The van der Waals surface area contributed by atoms with Crippen molar-refractivity contribution in [3.8, 4) is 0 Å². The number of nitrogens with one attached hydrogen (secondary N) is 1. The molecule has 3 atom stereocenters. The van der Waals surface area contributed by atoms with Gasteiger partial charge < -0.3 is 10.1 Å². The third-order valence-electron chi connectivity index (χ3n) is 5.72. The number of carbonyl (C=O) groups is 2. The molecule has 0 unspecified atom stereocenters. The summed E-state index contributed by atoms with van der Waals surface area (Å²) in [6.45, 7) is 0. The molecule has 2 fully saturated rings. The third kappa shape index (κ3) is 4.55. The molecule has 2 aromatic rings. The van der Waals surface area contributed by atoms with Crippen LogP contribution < -0.4 is 5.32 Å². The molecule has 6 nitrogen and oxygen atoms in total. The van der Waals surface area contributed by atoms with E-state index in [1.54, 1.807) is 23.9 Å². The average molecular weight is 418 g/mol. The minimum Gasteiger partial charge on any atom is -0.465 e. The van der Waals surface area contributed by atoms with Crippen LogP contribution in [0.5, 0.6) is 0 Å². The van der Waals surface area contributed by atoms with Gasteiger partial charge in [0.2, 0.25) is 11.0 Å². The number of amides is 1. The predicted octanol–water partition coefficient (Wildman–Crippen LogP) is 4.38. The van der Waals surface area contributed by atoms with Crippen molar-refractivity contribution in [2.75, 3.05) is 12.4 Å². The first-order valence-electron chi connectivity index (χ1n) is 9.54. The van der Waals surface area contributed by atoms with E-state index in [0.717, 1.165) is 27.5 Å². The zero-order valence-electron chi connectivity index (χ0n) is 15.7. The number of carbonyl (C=O) groups excluding carboxylic acids is 2. The lowest BCUT2D eigenvalue weighted by atomic mass is 9.86. The van der Waals surface area contributed by atoms with Crippen LogP contribution >= 0.6 is 23.1 Å². The summed E-state index contributed by atoms with van der Waals surface area (Å²) in [4.78, 5) is 23.8. The Kier molecular flexibility index (Phi) is 5.96. The number of hydrogen-bond acceptors (Lipinski definition) is 7.